The van der Waals surface area contributed by atoms with E-state index in [2.05, 4.69) is 13.8 Å². The van der Waals surface area contributed by atoms with Crippen molar-refractivity contribution in [3.05, 3.63) is 11.6 Å². The summed E-state index contributed by atoms with van der Waals surface area (Å²) in [5.41, 5.74) is 1.21. The Morgan fingerprint density at radius 1 is 1.36 bits per heavy atom. The largest absolute Gasteiger partial charge is 0.392 e. The first-order chi connectivity index (χ1) is 6.60. The lowest BCUT2D eigenvalue weighted by Gasteiger charge is -2.16. The van der Waals surface area contributed by atoms with Crippen molar-refractivity contribution in [2.24, 2.45) is 5.92 Å². The van der Waals surface area contributed by atoms with Gasteiger partial charge in [-0.2, -0.15) is 0 Å². The molecule has 0 aliphatic rings. The van der Waals surface area contributed by atoms with Gasteiger partial charge in [-0.25, -0.2) is 0 Å². The number of aliphatic hydroxyl groups is 1. The Bertz CT molecular complexity index is 162. The molecule has 0 amide bonds. The first-order valence-electron chi connectivity index (χ1n) is 5.39. The van der Waals surface area contributed by atoms with Crippen LogP contribution in [0.25, 0.3) is 0 Å². The van der Waals surface area contributed by atoms with E-state index in [0.717, 1.165) is 18.8 Å². The van der Waals surface area contributed by atoms with Crippen LogP contribution in [-0.2, 0) is 4.74 Å². The monoisotopic (exact) mass is 200 g/mol. The van der Waals surface area contributed by atoms with E-state index in [1.54, 1.807) is 7.11 Å². The topological polar surface area (TPSA) is 29.5 Å². The summed E-state index contributed by atoms with van der Waals surface area (Å²) in [6, 6.07) is 0. The highest BCUT2D eigenvalue weighted by atomic mass is 16.5. The number of rotatable bonds is 7. The van der Waals surface area contributed by atoms with Gasteiger partial charge in [0.1, 0.15) is 0 Å². The minimum Gasteiger partial charge on any atom is -0.392 e. The van der Waals surface area contributed by atoms with Crippen molar-refractivity contribution in [2.45, 2.75) is 46.1 Å². The van der Waals surface area contributed by atoms with E-state index >= 15 is 0 Å². The Morgan fingerprint density at radius 2 is 2.00 bits per heavy atom. The molecule has 0 heterocycles. The predicted molar refractivity (Wildman–Crippen MR) is 60.3 cm³/mol. The average Bonchev–Trinajstić information content (AvgIpc) is 2.12. The second kappa shape index (κ2) is 8.01. The molecule has 0 aromatic rings. The number of hydrogen-bond donors (Lipinski definition) is 1. The summed E-state index contributed by atoms with van der Waals surface area (Å²) in [6.45, 7) is 6.62. The summed E-state index contributed by atoms with van der Waals surface area (Å²) in [4.78, 5) is 0. The van der Waals surface area contributed by atoms with Gasteiger partial charge < -0.3 is 9.84 Å². The second-order valence-electron chi connectivity index (χ2n) is 4.27. The molecule has 84 valence electrons. The van der Waals surface area contributed by atoms with Gasteiger partial charge in [-0.3, -0.25) is 0 Å². The van der Waals surface area contributed by atoms with Crippen molar-refractivity contribution in [1.82, 2.24) is 0 Å². The van der Waals surface area contributed by atoms with Gasteiger partial charge in [-0.15, -0.1) is 0 Å². The van der Waals surface area contributed by atoms with Crippen LogP contribution in [0.2, 0.25) is 0 Å². The first kappa shape index (κ1) is 13.7. The summed E-state index contributed by atoms with van der Waals surface area (Å²) < 4.78 is 5.40. The van der Waals surface area contributed by atoms with Crippen molar-refractivity contribution in [3.8, 4) is 0 Å². The van der Waals surface area contributed by atoms with Gasteiger partial charge in [-0.1, -0.05) is 25.5 Å². The van der Waals surface area contributed by atoms with Crippen LogP contribution in [0.3, 0.4) is 0 Å². The summed E-state index contributed by atoms with van der Waals surface area (Å²) >= 11 is 0. The van der Waals surface area contributed by atoms with Crippen LogP contribution in [0.4, 0.5) is 0 Å². The molecule has 2 heteroatoms. The van der Waals surface area contributed by atoms with E-state index < -0.39 is 0 Å². The number of hydrogen-bond acceptors (Lipinski definition) is 2. The third kappa shape index (κ3) is 7.10. The lowest BCUT2D eigenvalue weighted by molar-refractivity contribution is 0.0904. The van der Waals surface area contributed by atoms with Gasteiger partial charge in [0, 0.05) is 7.11 Å². The maximum atomic E-state index is 8.72. The Balaban J connectivity index is 3.84. The number of methoxy groups -OCH3 is 1. The number of aliphatic hydroxyl groups excluding tert-OH is 1. The van der Waals surface area contributed by atoms with E-state index in [4.69, 9.17) is 9.84 Å². The van der Waals surface area contributed by atoms with Crippen LogP contribution in [0.5, 0.6) is 0 Å². The molecule has 1 N–H and O–H groups in total. The fraction of sp³-hybridized carbons (Fsp3) is 0.833. The van der Waals surface area contributed by atoms with Crippen LogP contribution >= 0.6 is 0 Å². The highest BCUT2D eigenvalue weighted by molar-refractivity contribution is 4.99. The molecule has 1 atom stereocenters. The zero-order valence-electron chi connectivity index (χ0n) is 9.92. The molecule has 0 aliphatic carbocycles. The SMILES string of the molecule is COC(CCC(C)C)CC(C)=CCO. The Hall–Kier alpha value is -0.340. The van der Waals surface area contributed by atoms with Gasteiger partial charge in [0.2, 0.25) is 0 Å². The Labute approximate surface area is 88.0 Å². The second-order valence-corrected chi connectivity index (χ2v) is 4.27. The van der Waals surface area contributed by atoms with Crippen molar-refractivity contribution in [2.75, 3.05) is 13.7 Å². The van der Waals surface area contributed by atoms with E-state index in [-0.39, 0.29) is 6.61 Å². The normalized spacial score (nSPS) is 14.9. The fourth-order valence-corrected chi connectivity index (χ4v) is 1.42. The summed E-state index contributed by atoms with van der Waals surface area (Å²) in [5, 5.41) is 8.72. The van der Waals surface area contributed by atoms with E-state index in [1.165, 1.54) is 12.0 Å². The third-order valence-electron chi connectivity index (χ3n) is 2.39. The van der Waals surface area contributed by atoms with Crippen LogP contribution in [0.1, 0.15) is 40.0 Å². The highest BCUT2D eigenvalue weighted by Gasteiger charge is 2.08. The van der Waals surface area contributed by atoms with Crippen molar-refractivity contribution < 1.29 is 9.84 Å². The lowest BCUT2D eigenvalue weighted by Crippen LogP contribution is -2.12. The van der Waals surface area contributed by atoms with Crippen LogP contribution < -0.4 is 0 Å². The molecule has 2 nitrogen and oxygen atoms in total. The van der Waals surface area contributed by atoms with Gasteiger partial charge in [0.15, 0.2) is 0 Å². The molecule has 0 rings (SSSR count). The molecule has 0 saturated heterocycles. The van der Waals surface area contributed by atoms with Crippen LogP contribution in [0, 0.1) is 5.92 Å². The first-order valence-corrected chi connectivity index (χ1v) is 5.39. The summed E-state index contributed by atoms with van der Waals surface area (Å²) in [6.07, 6.45) is 5.39. The molecule has 1 unspecified atom stereocenters. The van der Waals surface area contributed by atoms with Gasteiger partial charge in [0.25, 0.3) is 0 Å². The molecule has 0 aromatic carbocycles. The maximum absolute atomic E-state index is 8.72. The van der Waals surface area contributed by atoms with Crippen molar-refractivity contribution in [1.29, 1.82) is 0 Å². The molecule has 0 spiro atoms. The minimum absolute atomic E-state index is 0.131. The highest BCUT2D eigenvalue weighted by Crippen LogP contribution is 2.15. The smallest absolute Gasteiger partial charge is 0.0614 e. The van der Waals surface area contributed by atoms with Crippen LogP contribution in [0.15, 0.2) is 11.6 Å². The van der Waals surface area contributed by atoms with E-state index in [1.807, 2.05) is 13.0 Å². The quantitative estimate of drug-likeness (QED) is 0.640. The molecule has 0 aliphatic heterocycles. The molecule has 0 aromatic heterocycles. The minimum atomic E-state index is 0.131. The molecular weight excluding hydrogens is 176 g/mol. The van der Waals surface area contributed by atoms with Crippen molar-refractivity contribution >= 4 is 0 Å². The molecule has 0 radical (unpaired) electrons. The van der Waals surface area contributed by atoms with Crippen molar-refractivity contribution in [3.63, 3.8) is 0 Å². The fourth-order valence-electron chi connectivity index (χ4n) is 1.42. The Kier molecular flexibility index (Phi) is 7.81. The Morgan fingerprint density at radius 3 is 2.43 bits per heavy atom. The average molecular weight is 200 g/mol. The summed E-state index contributed by atoms with van der Waals surface area (Å²) in [7, 11) is 1.76. The summed E-state index contributed by atoms with van der Waals surface area (Å²) in [5.74, 6) is 0.731. The van der Waals surface area contributed by atoms with Gasteiger partial charge >= 0.3 is 0 Å². The number of ether oxygens (including phenoxy) is 1. The molecular formula is C12H24O2. The standard InChI is InChI=1S/C12H24O2/c1-10(2)5-6-12(14-4)9-11(3)7-8-13/h7,10,12-13H,5-6,8-9H2,1-4H3. The molecule has 0 saturated carbocycles. The predicted octanol–water partition coefficient (Wildman–Crippen LogP) is 2.77. The van der Waals surface area contributed by atoms with Gasteiger partial charge in [-0.05, 0) is 32.1 Å². The lowest BCUT2D eigenvalue weighted by atomic mass is 10.0. The molecule has 14 heavy (non-hydrogen) atoms. The molecule has 0 fully saturated rings. The van der Waals surface area contributed by atoms with E-state index in [0.29, 0.717) is 6.10 Å². The third-order valence-corrected chi connectivity index (χ3v) is 2.39. The van der Waals surface area contributed by atoms with E-state index in [9.17, 15) is 0 Å². The molecule has 0 bridgehead atoms. The zero-order chi connectivity index (χ0) is 11.0. The van der Waals surface area contributed by atoms with Gasteiger partial charge in [0.05, 0.1) is 12.7 Å². The maximum Gasteiger partial charge on any atom is 0.0614 e. The zero-order valence-corrected chi connectivity index (χ0v) is 9.92. The van der Waals surface area contributed by atoms with Crippen LogP contribution in [-0.4, -0.2) is 24.9 Å².